The lowest BCUT2D eigenvalue weighted by atomic mass is 10.3. The first-order chi connectivity index (χ1) is 7.77. The number of para-hydroxylation sites is 2. The second kappa shape index (κ2) is 3.61. The molecule has 0 saturated carbocycles. The third-order valence-electron chi connectivity index (χ3n) is 2.71. The van der Waals surface area contributed by atoms with Gasteiger partial charge in [0.15, 0.2) is 0 Å². The first-order valence-corrected chi connectivity index (χ1v) is 5.82. The molecule has 0 amide bonds. The van der Waals surface area contributed by atoms with Crippen LogP contribution in [0.25, 0.3) is 5.69 Å². The van der Waals surface area contributed by atoms with Gasteiger partial charge in [0, 0.05) is 18.7 Å². The third kappa shape index (κ3) is 1.36. The van der Waals surface area contributed by atoms with Crippen LogP contribution in [0.3, 0.4) is 0 Å². The number of aromatic nitrogens is 2. The van der Waals surface area contributed by atoms with E-state index >= 15 is 0 Å². The van der Waals surface area contributed by atoms with Gasteiger partial charge in [0.1, 0.15) is 16.0 Å². The molecular formula is C11H10BrN3O. The van der Waals surface area contributed by atoms with E-state index in [-0.39, 0.29) is 5.75 Å². The number of fused-ring (bicyclic) bond motifs is 1. The minimum absolute atomic E-state index is 0.234. The average Bonchev–Trinajstić information content (AvgIpc) is 2.83. The summed E-state index contributed by atoms with van der Waals surface area (Å²) in [4.78, 5) is 0. The molecule has 2 N–H and O–H groups in total. The number of nitrogens with one attached hydrogen (secondary N) is 1. The van der Waals surface area contributed by atoms with E-state index in [2.05, 4.69) is 26.3 Å². The van der Waals surface area contributed by atoms with E-state index < -0.39 is 0 Å². The second-order valence-electron chi connectivity index (χ2n) is 3.72. The van der Waals surface area contributed by atoms with Crippen LogP contribution >= 0.6 is 15.9 Å². The first kappa shape index (κ1) is 9.86. The summed E-state index contributed by atoms with van der Waals surface area (Å²) in [5.41, 5.74) is 2.90. The quantitative estimate of drug-likeness (QED) is 0.839. The van der Waals surface area contributed by atoms with E-state index in [9.17, 15) is 5.11 Å². The third-order valence-corrected chi connectivity index (χ3v) is 3.52. The molecule has 4 nitrogen and oxygen atoms in total. The van der Waals surface area contributed by atoms with E-state index in [4.69, 9.17) is 0 Å². The molecule has 0 aliphatic carbocycles. The Labute approximate surface area is 101 Å². The summed E-state index contributed by atoms with van der Waals surface area (Å²) >= 11 is 3.52. The lowest BCUT2D eigenvalue weighted by Gasteiger charge is -2.06. The number of hydrogen-bond acceptors (Lipinski definition) is 3. The molecule has 1 aliphatic rings. The number of aromatic hydroxyl groups is 1. The van der Waals surface area contributed by atoms with Crippen LogP contribution in [0.2, 0.25) is 0 Å². The summed E-state index contributed by atoms with van der Waals surface area (Å²) < 4.78 is 2.65. The smallest absolute Gasteiger partial charge is 0.141 e. The molecule has 0 saturated heterocycles. The van der Waals surface area contributed by atoms with Crippen LogP contribution in [-0.2, 0) is 13.1 Å². The van der Waals surface area contributed by atoms with Gasteiger partial charge >= 0.3 is 0 Å². The molecule has 0 radical (unpaired) electrons. The van der Waals surface area contributed by atoms with E-state index in [1.165, 1.54) is 5.56 Å². The molecule has 0 atom stereocenters. The molecule has 2 heterocycles. The molecule has 16 heavy (non-hydrogen) atoms. The zero-order chi connectivity index (χ0) is 11.1. The van der Waals surface area contributed by atoms with Gasteiger partial charge in [0.2, 0.25) is 0 Å². The summed E-state index contributed by atoms with van der Waals surface area (Å²) in [6.45, 7) is 1.61. The number of hydrogen-bond donors (Lipinski definition) is 2. The maximum Gasteiger partial charge on any atom is 0.141 e. The molecule has 0 fully saturated rings. The maximum atomic E-state index is 9.78. The highest BCUT2D eigenvalue weighted by atomic mass is 79.9. The molecule has 2 aromatic rings. The highest BCUT2D eigenvalue weighted by Gasteiger charge is 2.21. The van der Waals surface area contributed by atoms with Crippen molar-refractivity contribution in [1.29, 1.82) is 0 Å². The van der Waals surface area contributed by atoms with Gasteiger partial charge in [-0.3, -0.25) is 0 Å². The van der Waals surface area contributed by atoms with E-state index in [0.717, 1.165) is 23.4 Å². The molecule has 1 aliphatic heterocycles. The van der Waals surface area contributed by atoms with Crippen molar-refractivity contribution < 1.29 is 5.11 Å². The Kier molecular flexibility index (Phi) is 2.22. The summed E-state index contributed by atoms with van der Waals surface area (Å²) in [5.74, 6) is 0.234. The number of phenolic OH excluding ortho intramolecular Hbond substituents is 1. The van der Waals surface area contributed by atoms with Crippen molar-refractivity contribution in [2.45, 2.75) is 13.1 Å². The van der Waals surface area contributed by atoms with Crippen molar-refractivity contribution >= 4 is 15.9 Å². The first-order valence-electron chi connectivity index (χ1n) is 5.02. The fourth-order valence-corrected chi connectivity index (χ4v) is 2.54. The highest BCUT2D eigenvalue weighted by Crippen LogP contribution is 2.30. The SMILES string of the molecule is Oc1ccccc1-n1nc2c(c1Br)CNC2. The van der Waals surface area contributed by atoms with Crippen LogP contribution in [0.15, 0.2) is 28.9 Å². The van der Waals surface area contributed by atoms with Crippen molar-refractivity contribution in [3.05, 3.63) is 40.1 Å². The Morgan fingerprint density at radius 1 is 1.31 bits per heavy atom. The molecule has 82 valence electrons. The number of halogens is 1. The van der Waals surface area contributed by atoms with Crippen molar-refractivity contribution in [3.63, 3.8) is 0 Å². The largest absolute Gasteiger partial charge is 0.506 e. The van der Waals surface area contributed by atoms with Gasteiger partial charge in [-0.1, -0.05) is 12.1 Å². The lowest BCUT2D eigenvalue weighted by molar-refractivity contribution is 0.469. The Hall–Kier alpha value is -1.33. The van der Waals surface area contributed by atoms with E-state index in [1.54, 1.807) is 16.8 Å². The van der Waals surface area contributed by atoms with Gasteiger partial charge in [-0.05, 0) is 28.1 Å². The Balaban J connectivity index is 2.18. The zero-order valence-electron chi connectivity index (χ0n) is 8.44. The maximum absolute atomic E-state index is 9.78. The van der Waals surface area contributed by atoms with Gasteiger partial charge in [0.25, 0.3) is 0 Å². The standard InChI is InChI=1S/C11H10BrN3O/c12-11-7-5-13-6-8(7)14-15(11)9-3-1-2-4-10(9)16/h1-4,13,16H,5-6H2. The Morgan fingerprint density at radius 2 is 2.12 bits per heavy atom. The number of rotatable bonds is 1. The van der Waals surface area contributed by atoms with Gasteiger partial charge in [-0.15, -0.1) is 0 Å². The molecule has 3 rings (SSSR count). The monoisotopic (exact) mass is 279 g/mol. The molecule has 5 heteroatoms. The summed E-state index contributed by atoms with van der Waals surface area (Å²) in [7, 11) is 0. The minimum Gasteiger partial charge on any atom is -0.506 e. The van der Waals surface area contributed by atoms with Crippen molar-refractivity contribution in [2.24, 2.45) is 0 Å². The normalized spacial score (nSPS) is 14.1. The molecular weight excluding hydrogens is 270 g/mol. The number of benzene rings is 1. The topological polar surface area (TPSA) is 50.1 Å². The fourth-order valence-electron chi connectivity index (χ4n) is 1.90. The number of phenols is 1. The number of nitrogens with zero attached hydrogens (tertiary/aromatic N) is 2. The van der Waals surface area contributed by atoms with Crippen molar-refractivity contribution in [3.8, 4) is 11.4 Å². The molecule has 0 bridgehead atoms. The lowest BCUT2D eigenvalue weighted by Crippen LogP contribution is -2.06. The minimum atomic E-state index is 0.234. The predicted octanol–water partition coefficient (Wildman–Crippen LogP) is 1.94. The average molecular weight is 280 g/mol. The van der Waals surface area contributed by atoms with E-state index in [1.807, 2.05) is 12.1 Å². The van der Waals surface area contributed by atoms with Crippen LogP contribution in [-0.4, -0.2) is 14.9 Å². The van der Waals surface area contributed by atoms with Crippen LogP contribution in [0.4, 0.5) is 0 Å². The molecule has 0 unspecified atom stereocenters. The predicted molar refractivity (Wildman–Crippen MR) is 63.5 cm³/mol. The second-order valence-corrected chi connectivity index (χ2v) is 4.47. The van der Waals surface area contributed by atoms with Crippen LogP contribution in [0.1, 0.15) is 11.3 Å². The van der Waals surface area contributed by atoms with Crippen molar-refractivity contribution in [2.75, 3.05) is 0 Å². The molecule has 1 aromatic carbocycles. The fraction of sp³-hybridized carbons (Fsp3) is 0.182. The van der Waals surface area contributed by atoms with Gasteiger partial charge in [-0.2, -0.15) is 5.10 Å². The zero-order valence-corrected chi connectivity index (χ0v) is 10.0. The Morgan fingerprint density at radius 3 is 2.88 bits per heavy atom. The van der Waals surface area contributed by atoms with Crippen molar-refractivity contribution in [1.82, 2.24) is 15.1 Å². The summed E-state index contributed by atoms with van der Waals surface area (Å²) in [6.07, 6.45) is 0. The highest BCUT2D eigenvalue weighted by molar-refractivity contribution is 9.10. The molecule has 1 aromatic heterocycles. The van der Waals surface area contributed by atoms with Gasteiger partial charge < -0.3 is 10.4 Å². The van der Waals surface area contributed by atoms with Gasteiger partial charge in [0.05, 0.1) is 5.69 Å². The van der Waals surface area contributed by atoms with Crippen LogP contribution in [0, 0.1) is 0 Å². The summed E-state index contributed by atoms with van der Waals surface area (Å²) in [5, 5.41) is 17.5. The summed E-state index contributed by atoms with van der Waals surface area (Å²) in [6, 6.07) is 7.18. The van der Waals surface area contributed by atoms with Crippen LogP contribution < -0.4 is 5.32 Å². The van der Waals surface area contributed by atoms with E-state index in [0.29, 0.717) is 5.69 Å². The van der Waals surface area contributed by atoms with Crippen LogP contribution in [0.5, 0.6) is 5.75 Å². The molecule has 0 spiro atoms. The Bertz CT molecular complexity index is 550. The van der Waals surface area contributed by atoms with Gasteiger partial charge in [-0.25, -0.2) is 4.68 Å².